The summed E-state index contributed by atoms with van der Waals surface area (Å²) in [6.07, 6.45) is 1.26. The second-order valence-corrected chi connectivity index (χ2v) is 12.8. The van der Waals surface area contributed by atoms with Gasteiger partial charge in [-0.15, -0.1) is 11.3 Å². The van der Waals surface area contributed by atoms with Crippen molar-refractivity contribution >= 4 is 34.1 Å². The highest BCUT2D eigenvalue weighted by molar-refractivity contribution is 7.14. The molecule has 3 saturated heterocycles. The summed E-state index contributed by atoms with van der Waals surface area (Å²) in [5.74, 6) is -0.446. The minimum Gasteiger partial charge on any atom is -0.367 e. The number of Topliss-reactive ketones (excluding diaryl/α,β-unsaturated/α-hetero) is 1. The van der Waals surface area contributed by atoms with Crippen LogP contribution in [0.4, 0.5) is 5.13 Å². The minimum absolute atomic E-state index is 0.0476. The maximum absolute atomic E-state index is 13.9. The fourth-order valence-electron chi connectivity index (χ4n) is 5.85. The molecule has 0 bridgehead atoms. The summed E-state index contributed by atoms with van der Waals surface area (Å²) in [5.41, 5.74) is 1.82. The largest absolute Gasteiger partial charge is 0.367 e. The number of ketones is 1. The number of anilines is 1. The lowest BCUT2D eigenvalue weighted by atomic mass is 9.80. The molecule has 0 aliphatic carbocycles. The van der Waals surface area contributed by atoms with E-state index in [1.165, 1.54) is 0 Å². The number of piperazine rings is 1. The molecule has 1 aromatic carbocycles. The number of carbonyl (C=O) groups excluding carboxylic acids is 3. The molecule has 1 aromatic heterocycles. The second kappa shape index (κ2) is 11.6. The molecule has 0 saturated carbocycles. The Hall–Kier alpha value is -2.82. The van der Waals surface area contributed by atoms with E-state index >= 15 is 0 Å². The van der Waals surface area contributed by atoms with Crippen molar-refractivity contribution in [3.05, 3.63) is 35.2 Å². The van der Waals surface area contributed by atoms with Crippen LogP contribution in [0.5, 0.6) is 0 Å². The molecule has 3 aliphatic rings. The maximum Gasteiger partial charge on any atom is 0.251 e. The van der Waals surface area contributed by atoms with Crippen molar-refractivity contribution in [1.29, 1.82) is 0 Å². The van der Waals surface area contributed by atoms with E-state index in [9.17, 15) is 14.4 Å². The highest BCUT2D eigenvalue weighted by atomic mass is 32.1. The Kier molecular flexibility index (Phi) is 8.31. The van der Waals surface area contributed by atoms with E-state index in [-0.39, 0.29) is 36.2 Å². The maximum atomic E-state index is 13.9. The van der Waals surface area contributed by atoms with Crippen molar-refractivity contribution in [3.63, 3.8) is 0 Å². The van der Waals surface area contributed by atoms with Crippen molar-refractivity contribution in [1.82, 2.24) is 20.1 Å². The number of fused-ring (bicyclic) bond motifs is 1. The molecule has 0 unspecified atom stereocenters. The molecule has 0 radical (unpaired) electrons. The number of amides is 2. The molecule has 5 rings (SSSR count). The number of benzene rings is 1. The Labute approximate surface area is 240 Å². The van der Waals surface area contributed by atoms with Gasteiger partial charge in [-0.2, -0.15) is 0 Å². The van der Waals surface area contributed by atoms with Crippen LogP contribution in [-0.4, -0.2) is 96.9 Å². The van der Waals surface area contributed by atoms with Crippen molar-refractivity contribution < 1.29 is 19.1 Å². The number of nitrogens with zero attached hydrogens (tertiary/aromatic N) is 4. The Morgan fingerprint density at radius 2 is 1.85 bits per heavy atom. The van der Waals surface area contributed by atoms with E-state index in [0.717, 1.165) is 49.0 Å². The molecule has 4 atom stereocenters. The van der Waals surface area contributed by atoms with Crippen LogP contribution in [0, 0.1) is 11.3 Å². The molecule has 9 nitrogen and oxygen atoms in total. The fourth-order valence-corrected chi connectivity index (χ4v) is 6.74. The summed E-state index contributed by atoms with van der Waals surface area (Å²) in [6, 6.07) is 6.06. The fraction of sp³-hybridized carbons (Fsp3) is 0.600. The predicted molar refractivity (Wildman–Crippen MR) is 157 cm³/mol. The molecule has 1 N–H and O–H groups in total. The normalized spacial score (nSPS) is 24.3. The molecule has 10 heteroatoms. The summed E-state index contributed by atoms with van der Waals surface area (Å²) in [6.45, 7) is 12.5. The Bertz CT molecular complexity index is 1240. The second-order valence-electron chi connectivity index (χ2n) is 12.0. The number of thiazole rings is 1. The van der Waals surface area contributed by atoms with E-state index in [4.69, 9.17) is 9.72 Å². The number of nitrogens with one attached hydrogen (secondary N) is 1. The van der Waals surface area contributed by atoms with E-state index in [2.05, 4.69) is 34.5 Å². The monoisotopic (exact) mass is 567 g/mol. The summed E-state index contributed by atoms with van der Waals surface area (Å²) in [4.78, 5) is 51.2. The Morgan fingerprint density at radius 3 is 2.50 bits per heavy atom. The summed E-state index contributed by atoms with van der Waals surface area (Å²) < 4.78 is 5.76. The smallest absolute Gasteiger partial charge is 0.251 e. The highest BCUT2D eigenvalue weighted by Crippen LogP contribution is 2.36. The van der Waals surface area contributed by atoms with Crippen LogP contribution in [0.15, 0.2) is 29.6 Å². The van der Waals surface area contributed by atoms with E-state index in [1.54, 1.807) is 28.4 Å². The van der Waals surface area contributed by atoms with Crippen LogP contribution in [0.1, 0.15) is 50.9 Å². The number of rotatable bonds is 8. The average Bonchev–Trinajstić information content (AvgIpc) is 3.69. The predicted octanol–water partition coefficient (Wildman–Crippen LogP) is 3.30. The van der Waals surface area contributed by atoms with Gasteiger partial charge in [0, 0.05) is 55.1 Å². The molecular weight excluding hydrogens is 526 g/mol. The molecule has 2 aromatic rings. The molecule has 3 aliphatic heterocycles. The van der Waals surface area contributed by atoms with Gasteiger partial charge < -0.3 is 24.8 Å². The van der Waals surface area contributed by atoms with E-state index in [1.807, 2.05) is 32.9 Å². The third kappa shape index (κ3) is 5.53. The molecule has 40 heavy (non-hydrogen) atoms. The lowest BCUT2D eigenvalue weighted by Gasteiger charge is -2.36. The number of aromatic nitrogens is 1. The van der Waals surface area contributed by atoms with Crippen molar-refractivity contribution in [2.24, 2.45) is 11.3 Å². The zero-order chi connectivity index (χ0) is 28.6. The van der Waals surface area contributed by atoms with Crippen LogP contribution in [-0.2, 0) is 14.3 Å². The van der Waals surface area contributed by atoms with E-state index < -0.39 is 17.5 Å². The number of likely N-dealkylation sites (tertiary alicyclic amines) is 1. The van der Waals surface area contributed by atoms with Crippen LogP contribution in [0.2, 0.25) is 0 Å². The lowest BCUT2D eigenvalue weighted by molar-refractivity contribution is -0.140. The van der Waals surface area contributed by atoms with Crippen LogP contribution < -0.4 is 10.2 Å². The third-order valence-electron chi connectivity index (χ3n) is 9.02. The van der Waals surface area contributed by atoms with Crippen molar-refractivity contribution in [2.75, 3.05) is 51.3 Å². The first-order valence-electron chi connectivity index (χ1n) is 14.4. The van der Waals surface area contributed by atoms with Gasteiger partial charge in [-0.3, -0.25) is 14.4 Å². The molecule has 0 spiro atoms. The minimum atomic E-state index is -0.765. The number of ether oxygens (including phenoxy) is 1. The van der Waals surface area contributed by atoms with Gasteiger partial charge >= 0.3 is 0 Å². The number of likely N-dealkylation sites (N-methyl/N-ethyl adjacent to an activating group) is 1. The van der Waals surface area contributed by atoms with Gasteiger partial charge in [0.25, 0.3) is 5.91 Å². The molecule has 4 heterocycles. The summed E-state index contributed by atoms with van der Waals surface area (Å²) in [7, 11) is 2.14. The molecular formula is C30H41N5O4S. The zero-order valence-corrected chi connectivity index (χ0v) is 25.0. The van der Waals surface area contributed by atoms with Crippen LogP contribution in [0.25, 0.3) is 11.3 Å². The number of hydrogen-bond donors (Lipinski definition) is 1. The summed E-state index contributed by atoms with van der Waals surface area (Å²) in [5, 5.41) is 6.11. The molecule has 3 fully saturated rings. The quantitative estimate of drug-likeness (QED) is 0.523. The molecule has 2 amide bonds. The highest BCUT2D eigenvalue weighted by Gasteiger charge is 2.53. The average molecular weight is 568 g/mol. The Morgan fingerprint density at radius 1 is 1.15 bits per heavy atom. The molecule has 216 valence electrons. The summed E-state index contributed by atoms with van der Waals surface area (Å²) >= 11 is 1.64. The van der Waals surface area contributed by atoms with Gasteiger partial charge in [-0.1, -0.05) is 39.8 Å². The number of carbonyl (C=O) groups is 3. The van der Waals surface area contributed by atoms with Crippen molar-refractivity contribution in [3.8, 4) is 11.3 Å². The lowest BCUT2D eigenvalue weighted by Crippen LogP contribution is -2.57. The zero-order valence-electron chi connectivity index (χ0n) is 24.2. The van der Waals surface area contributed by atoms with E-state index in [0.29, 0.717) is 18.5 Å². The number of hydrogen-bond acceptors (Lipinski definition) is 8. The Balaban J connectivity index is 1.30. The SMILES string of the molecule is CC[C@@H]1CN(C(=O)[C@@H](NC(=O)c2ccc(-c3csc(N4CCN(C)CC4)n3)cc2)C(C)(C)CC)[C@@H]2C(=O)CO[C@H]12. The van der Waals surface area contributed by atoms with Gasteiger partial charge in [0.05, 0.1) is 11.8 Å². The van der Waals surface area contributed by atoms with Gasteiger partial charge in [-0.25, -0.2) is 4.98 Å². The van der Waals surface area contributed by atoms with Gasteiger partial charge in [-0.05, 0) is 37.4 Å². The third-order valence-corrected chi connectivity index (χ3v) is 9.92. The van der Waals surface area contributed by atoms with Gasteiger partial charge in [0.2, 0.25) is 5.91 Å². The first-order chi connectivity index (χ1) is 19.1. The standard InChI is InChI=1S/C30H41N5O4S/c1-6-19-16-35(24-23(36)17-39-25(19)24)28(38)26(30(3,4)7-2)32-27(37)21-10-8-20(9-11-21)22-18-40-29(31-22)34-14-12-33(5)13-15-34/h8-11,18-19,24-26H,6-7,12-17H2,1-5H3,(H,32,37)/t19-,24-,25-,26-/m1/s1. The van der Waals surface area contributed by atoms with Gasteiger partial charge in [0.15, 0.2) is 10.9 Å². The first-order valence-corrected chi connectivity index (χ1v) is 15.3. The van der Waals surface area contributed by atoms with Crippen molar-refractivity contribution in [2.45, 2.75) is 58.7 Å². The van der Waals surface area contributed by atoms with Crippen LogP contribution in [0.3, 0.4) is 0 Å². The first kappa shape index (κ1) is 28.7. The van der Waals surface area contributed by atoms with Gasteiger partial charge in [0.1, 0.15) is 18.7 Å². The van der Waals surface area contributed by atoms with Crippen LogP contribution >= 0.6 is 11.3 Å². The topological polar surface area (TPSA) is 95.1 Å².